The number of nitrogens with zero attached hydrogens (tertiary/aromatic N) is 1. The first-order valence-corrected chi connectivity index (χ1v) is 10.1. The number of nitrogens with one attached hydrogen (secondary N) is 2. The fraction of sp³-hybridized carbons (Fsp3) is 0.115. The van der Waals surface area contributed by atoms with Crippen molar-refractivity contribution in [1.82, 2.24) is 15.3 Å². The van der Waals surface area contributed by atoms with Gasteiger partial charge in [-0.1, -0.05) is 92.0 Å². The predicted molar refractivity (Wildman–Crippen MR) is 125 cm³/mol. The van der Waals surface area contributed by atoms with Crippen molar-refractivity contribution in [2.75, 3.05) is 0 Å². The van der Waals surface area contributed by atoms with Gasteiger partial charge in [-0.2, -0.15) is 0 Å². The minimum atomic E-state index is -0.541. The first-order valence-electron chi connectivity index (χ1n) is 10.1. The highest BCUT2D eigenvalue weighted by Gasteiger charge is 2.20. The molecule has 1 aromatic heterocycles. The number of aromatic amines is 1. The van der Waals surface area contributed by atoms with Crippen LogP contribution in [0.1, 0.15) is 33.4 Å². The molecular weight excluding hydrogens is 402 g/mol. The number of rotatable bonds is 10. The van der Waals surface area contributed by atoms with Crippen LogP contribution in [0.3, 0.4) is 0 Å². The lowest BCUT2D eigenvalue weighted by molar-refractivity contribution is 0.0937. The highest BCUT2D eigenvalue weighted by molar-refractivity contribution is 5.94. The van der Waals surface area contributed by atoms with Crippen molar-refractivity contribution in [3.8, 4) is 0 Å². The maximum atomic E-state index is 12.9. The number of carbonyl (C=O) groups is 1. The fourth-order valence-corrected chi connectivity index (χ4v) is 3.14. The van der Waals surface area contributed by atoms with E-state index in [1.807, 2.05) is 60.7 Å². The highest BCUT2D eigenvalue weighted by atomic mass is 16.5. The van der Waals surface area contributed by atoms with Crippen molar-refractivity contribution in [2.45, 2.75) is 19.3 Å². The Hall–Kier alpha value is -4.03. The Morgan fingerprint density at radius 2 is 1.75 bits per heavy atom. The van der Waals surface area contributed by atoms with Crippen molar-refractivity contribution in [3.05, 3.63) is 137 Å². The zero-order chi connectivity index (χ0) is 22.8. The number of aromatic nitrogens is 2. The predicted octanol–water partition coefficient (Wildman–Crippen LogP) is 4.26. The van der Waals surface area contributed by atoms with E-state index in [1.165, 1.54) is 6.20 Å². The third-order valence-corrected chi connectivity index (χ3v) is 4.73. The molecule has 2 N–H and O–H groups in total. The SMILES string of the molecule is C=C/C=C(\C=C)C(NC(=O)c1cnc(COCc2ccccc2)[nH]c1=O)c1ccccc1. The van der Waals surface area contributed by atoms with Crippen LogP contribution < -0.4 is 10.9 Å². The van der Waals surface area contributed by atoms with Crippen molar-refractivity contribution >= 4 is 5.91 Å². The molecule has 1 heterocycles. The van der Waals surface area contributed by atoms with E-state index in [9.17, 15) is 9.59 Å². The lowest BCUT2D eigenvalue weighted by Gasteiger charge is -2.20. The van der Waals surface area contributed by atoms with E-state index in [4.69, 9.17) is 4.74 Å². The van der Waals surface area contributed by atoms with Gasteiger partial charge in [-0.15, -0.1) is 0 Å². The van der Waals surface area contributed by atoms with Crippen molar-refractivity contribution in [2.24, 2.45) is 0 Å². The lowest BCUT2D eigenvalue weighted by Crippen LogP contribution is -2.34. The zero-order valence-electron chi connectivity index (χ0n) is 17.7. The van der Waals surface area contributed by atoms with Gasteiger partial charge >= 0.3 is 0 Å². The second-order valence-corrected chi connectivity index (χ2v) is 6.97. The third-order valence-electron chi connectivity index (χ3n) is 4.73. The van der Waals surface area contributed by atoms with E-state index in [0.717, 1.165) is 16.7 Å². The molecule has 0 radical (unpaired) electrons. The molecule has 3 aromatic rings. The molecule has 0 spiro atoms. The molecule has 0 aliphatic rings. The second-order valence-electron chi connectivity index (χ2n) is 6.97. The smallest absolute Gasteiger partial charge is 0.263 e. The molecule has 0 saturated carbocycles. The first kappa shape index (κ1) is 22.7. The third kappa shape index (κ3) is 6.00. The van der Waals surface area contributed by atoms with E-state index in [2.05, 4.69) is 28.4 Å². The van der Waals surface area contributed by atoms with Gasteiger partial charge in [-0.05, 0) is 16.7 Å². The summed E-state index contributed by atoms with van der Waals surface area (Å²) in [5.74, 6) is -0.193. The molecule has 3 rings (SSSR count). The fourth-order valence-electron chi connectivity index (χ4n) is 3.14. The number of allylic oxidation sites excluding steroid dienone is 2. The van der Waals surface area contributed by atoms with E-state index in [1.54, 1.807) is 18.2 Å². The van der Waals surface area contributed by atoms with E-state index in [-0.39, 0.29) is 12.2 Å². The van der Waals surface area contributed by atoms with Crippen molar-refractivity contribution in [3.63, 3.8) is 0 Å². The molecular formula is C26H25N3O3. The highest BCUT2D eigenvalue weighted by Crippen LogP contribution is 2.23. The number of H-pyrrole nitrogens is 1. The number of hydrogen-bond acceptors (Lipinski definition) is 4. The summed E-state index contributed by atoms with van der Waals surface area (Å²) in [5, 5.41) is 2.89. The van der Waals surface area contributed by atoms with Gasteiger partial charge in [0.25, 0.3) is 11.5 Å². The lowest BCUT2D eigenvalue weighted by atomic mass is 9.97. The van der Waals surface area contributed by atoms with Crippen LogP contribution in [0.15, 0.2) is 109 Å². The van der Waals surface area contributed by atoms with Gasteiger partial charge in [0.05, 0.1) is 12.6 Å². The molecule has 0 saturated heterocycles. The van der Waals surface area contributed by atoms with E-state index >= 15 is 0 Å². The Labute approximate surface area is 187 Å². The molecule has 162 valence electrons. The number of amides is 1. The average molecular weight is 428 g/mol. The van der Waals surface area contributed by atoms with Crippen LogP contribution in [-0.2, 0) is 18.0 Å². The summed E-state index contributed by atoms with van der Waals surface area (Å²) in [5.41, 5.74) is 2.00. The molecule has 0 aliphatic carbocycles. The summed E-state index contributed by atoms with van der Waals surface area (Å²) >= 11 is 0. The van der Waals surface area contributed by atoms with Crippen LogP contribution >= 0.6 is 0 Å². The Morgan fingerprint density at radius 1 is 1.06 bits per heavy atom. The number of benzene rings is 2. The Bertz CT molecular complexity index is 1150. The maximum Gasteiger partial charge on any atom is 0.263 e. The van der Waals surface area contributed by atoms with Crippen LogP contribution in [-0.4, -0.2) is 15.9 Å². The Balaban J connectivity index is 1.72. The minimum absolute atomic E-state index is 0.0836. The summed E-state index contributed by atoms with van der Waals surface area (Å²) in [7, 11) is 0. The van der Waals surface area contributed by atoms with Crippen molar-refractivity contribution < 1.29 is 9.53 Å². The van der Waals surface area contributed by atoms with Crippen LogP contribution in [0.4, 0.5) is 0 Å². The monoisotopic (exact) mass is 427 g/mol. The van der Waals surface area contributed by atoms with Gasteiger partial charge in [0.2, 0.25) is 0 Å². The van der Waals surface area contributed by atoms with Gasteiger partial charge < -0.3 is 15.0 Å². The Morgan fingerprint density at radius 3 is 2.38 bits per heavy atom. The van der Waals surface area contributed by atoms with Gasteiger partial charge in [-0.3, -0.25) is 9.59 Å². The van der Waals surface area contributed by atoms with Crippen LogP contribution in [0, 0.1) is 0 Å². The normalized spacial score (nSPS) is 12.1. The second kappa shape index (κ2) is 11.4. The summed E-state index contributed by atoms with van der Waals surface area (Å²) in [6.07, 6.45) is 6.30. The number of ether oxygens (including phenoxy) is 1. The standard InChI is InChI=1S/C26H25N3O3/c1-3-11-20(4-2)24(21-14-9-6-10-15-21)29-26(31)22-16-27-23(28-25(22)30)18-32-17-19-12-7-5-8-13-19/h3-16,24H,1-2,17-18H2,(H,29,31)(H,27,28,30)/b20-11+. The van der Waals surface area contributed by atoms with E-state index < -0.39 is 17.5 Å². The average Bonchev–Trinajstić information content (AvgIpc) is 2.82. The first-order chi connectivity index (χ1) is 15.6. The summed E-state index contributed by atoms with van der Waals surface area (Å²) in [6, 6.07) is 18.6. The van der Waals surface area contributed by atoms with Crippen LogP contribution in [0.2, 0.25) is 0 Å². The van der Waals surface area contributed by atoms with Crippen LogP contribution in [0.25, 0.3) is 0 Å². The van der Waals surface area contributed by atoms with Gasteiger partial charge in [0.1, 0.15) is 18.0 Å². The topological polar surface area (TPSA) is 84.1 Å². The van der Waals surface area contributed by atoms with Crippen LogP contribution in [0.5, 0.6) is 0 Å². The van der Waals surface area contributed by atoms with Gasteiger partial charge in [0.15, 0.2) is 0 Å². The minimum Gasteiger partial charge on any atom is -0.369 e. The zero-order valence-corrected chi connectivity index (χ0v) is 17.7. The molecule has 1 amide bonds. The molecule has 0 fully saturated rings. The number of carbonyl (C=O) groups excluding carboxylic acids is 1. The van der Waals surface area contributed by atoms with Gasteiger partial charge in [0, 0.05) is 6.20 Å². The van der Waals surface area contributed by atoms with E-state index in [0.29, 0.717) is 12.4 Å². The molecule has 0 aliphatic heterocycles. The quantitative estimate of drug-likeness (QED) is 0.474. The molecule has 0 bridgehead atoms. The summed E-state index contributed by atoms with van der Waals surface area (Å²) in [6.45, 7) is 8.06. The largest absolute Gasteiger partial charge is 0.369 e. The Kier molecular flexibility index (Phi) is 8.06. The molecule has 2 aromatic carbocycles. The molecule has 32 heavy (non-hydrogen) atoms. The summed E-state index contributed by atoms with van der Waals surface area (Å²) < 4.78 is 5.60. The molecule has 1 unspecified atom stereocenters. The molecule has 1 atom stereocenters. The summed E-state index contributed by atoms with van der Waals surface area (Å²) in [4.78, 5) is 32.2. The van der Waals surface area contributed by atoms with Gasteiger partial charge in [-0.25, -0.2) is 4.98 Å². The maximum absolute atomic E-state index is 12.9. The molecule has 6 nitrogen and oxygen atoms in total. The molecule has 6 heteroatoms. The number of hydrogen-bond donors (Lipinski definition) is 2. The van der Waals surface area contributed by atoms with Crippen molar-refractivity contribution in [1.29, 1.82) is 0 Å².